The fourth-order valence-corrected chi connectivity index (χ4v) is 0. The van der Waals surface area contributed by atoms with Crippen molar-refractivity contribution in [2.24, 2.45) is 0 Å². The number of hydrogen-bond acceptors (Lipinski definition) is 2. The molecule has 0 radical (unpaired) electrons. The van der Waals surface area contributed by atoms with Gasteiger partial charge < -0.3 is 20.9 Å². The van der Waals surface area contributed by atoms with Gasteiger partial charge >= 0.3 is 0 Å². The zero-order valence-electron chi connectivity index (χ0n) is 8.31. The monoisotopic (exact) mass is 276 g/mol. The van der Waals surface area contributed by atoms with Gasteiger partial charge in [-0.25, -0.2) is 0 Å². The summed E-state index contributed by atoms with van der Waals surface area (Å²) in [6.07, 6.45) is 0.875. The number of hydrogen-bond donors (Lipinski definition) is 2. The second-order valence-electron chi connectivity index (χ2n) is 2.89. The molecule has 0 unspecified atom stereocenters. The van der Waals surface area contributed by atoms with Crippen LogP contribution in [0.1, 0.15) is 13.3 Å². The Morgan fingerprint density at radius 1 is 1.08 bits per heavy atom. The summed E-state index contributed by atoms with van der Waals surface area (Å²) in [6, 6.07) is 0. The van der Waals surface area contributed by atoms with Crippen LogP contribution in [0.2, 0.25) is 19.6 Å². The molecule has 0 atom stereocenters. The minimum atomic E-state index is -1.61. The molecule has 12 heavy (non-hydrogen) atoms. The van der Waals surface area contributed by atoms with E-state index in [-0.39, 0.29) is 37.2 Å². The molecule has 0 saturated carbocycles. The molecule has 0 amide bonds. The molecule has 6 heteroatoms. The zero-order valence-corrected chi connectivity index (χ0v) is 11.8. The Bertz CT molecular complexity index is 50.0. The van der Waals surface area contributed by atoms with E-state index in [0.717, 1.165) is 6.42 Å². The Balaban J connectivity index is -0.0000000221. The third kappa shape index (κ3) is 287. The van der Waals surface area contributed by atoms with Gasteiger partial charge in [-0.05, 0) is 26.1 Å². The second-order valence-corrected chi connectivity index (χ2v) is 7.24. The maximum Gasteiger partial charge on any atom is 0.179 e. The minimum Gasteiger partial charge on any atom is -0.433 e. The molecule has 0 aliphatic carbocycles. The van der Waals surface area contributed by atoms with Crippen molar-refractivity contribution in [2.75, 3.05) is 6.61 Å². The largest absolute Gasteiger partial charge is 0.433 e. The van der Waals surface area contributed by atoms with Crippen LogP contribution in [0.25, 0.3) is 0 Å². The molecule has 0 aliphatic rings. The van der Waals surface area contributed by atoms with Crippen molar-refractivity contribution in [1.82, 2.24) is 0 Å². The Hall–Kier alpha value is 0.940. The molecule has 0 aromatic heterocycles. The Labute approximate surface area is 94.9 Å². The van der Waals surface area contributed by atoms with E-state index in [1.807, 2.05) is 26.6 Å². The summed E-state index contributed by atoms with van der Waals surface area (Å²) < 4.78 is 0. The van der Waals surface area contributed by atoms with Gasteiger partial charge in [0.05, 0.1) is 0 Å². The van der Waals surface area contributed by atoms with Crippen LogP contribution >= 0.6 is 0 Å². The maximum absolute atomic E-state index is 8.66. The van der Waals surface area contributed by atoms with Gasteiger partial charge in [-0.2, -0.15) is 0 Å². The Morgan fingerprint density at radius 3 is 1.17 bits per heavy atom. The fourth-order valence-electron chi connectivity index (χ4n) is 0. The predicted octanol–water partition coefficient (Wildman–Crippen LogP) is -0.450. The molecular formula is C6H22O4SiZr. The van der Waals surface area contributed by atoms with E-state index in [4.69, 9.17) is 9.90 Å². The Morgan fingerprint density at radius 2 is 1.17 bits per heavy atom. The van der Waals surface area contributed by atoms with Crippen LogP contribution < -0.4 is 0 Å². The molecule has 0 aromatic rings. The van der Waals surface area contributed by atoms with Crippen LogP contribution in [0, 0.1) is 0 Å². The van der Waals surface area contributed by atoms with Crippen LogP contribution in [-0.2, 0) is 26.2 Å². The second kappa shape index (κ2) is 17.9. The molecule has 0 aliphatic heterocycles. The SMILES string of the molecule is CCCO.C[Si](C)(C)O.O.O.[Zr]. The summed E-state index contributed by atoms with van der Waals surface area (Å²) >= 11 is 0. The summed E-state index contributed by atoms with van der Waals surface area (Å²) in [7, 11) is -1.61. The molecular weight excluding hydrogens is 255 g/mol. The van der Waals surface area contributed by atoms with Gasteiger partial charge in [-0.1, -0.05) is 6.92 Å². The van der Waals surface area contributed by atoms with Crippen LogP contribution in [0.5, 0.6) is 0 Å². The first-order valence-corrected chi connectivity index (χ1v) is 6.69. The van der Waals surface area contributed by atoms with Crippen molar-refractivity contribution >= 4 is 8.32 Å². The van der Waals surface area contributed by atoms with Gasteiger partial charge in [0.25, 0.3) is 0 Å². The molecule has 78 valence electrons. The molecule has 0 aromatic carbocycles. The number of aliphatic hydroxyl groups is 1. The van der Waals surface area contributed by atoms with E-state index in [9.17, 15) is 0 Å². The first-order valence-electron chi connectivity index (χ1n) is 3.25. The first kappa shape index (κ1) is 29.3. The maximum atomic E-state index is 8.66. The first-order chi connectivity index (χ1) is 3.91. The van der Waals surface area contributed by atoms with Crippen molar-refractivity contribution in [3.8, 4) is 0 Å². The van der Waals surface area contributed by atoms with Gasteiger partial charge in [-0.15, -0.1) is 0 Å². The van der Waals surface area contributed by atoms with Crippen molar-refractivity contribution in [1.29, 1.82) is 0 Å². The van der Waals surface area contributed by atoms with Gasteiger partial charge in [-0.3, -0.25) is 0 Å². The smallest absolute Gasteiger partial charge is 0.179 e. The standard InChI is InChI=1S/C3H10OSi.C3H8O.2H2O.Zr/c1-5(2,3)4;1-2-3-4;;;/h4H,1-3H3;4H,2-3H2,1H3;2*1H2;. The topological polar surface area (TPSA) is 103 Å². The van der Waals surface area contributed by atoms with Crippen LogP contribution in [0.15, 0.2) is 0 Å². The average molecular weight is 278 g/mol. The average Bonchev–Trinajstić information content (AvgIpc) is 1.61. The molecule has 0 spiro atoms. The summed E-state index contributed by atoms with van der Waals surface area (Å²) in [5.74, 6) is 0. The molecule has 4 nitrogen and oxygen atoms in total. The number of aliphatic hydroxyl groups excluding tert-OH is 1. The predicted molar refractivity (Wildman–Crippen MR) is 50.2 cm³/mol. The zero-order chi connectivity index (χ0) is 7.91. The molecule has 0 saturated heterocycles. The summed E-state index contributed by atoms with van der Waals surface area (Å²) in [5, 5.41) is 7.88. The molecule has 6 N–H and O–H groups in total. The van der Waals surface area contributed by atoms with Gasteiger partial charge in [0.1, 0.15) is 0 Å². The van der Waals surface area contributed by atoms with E-state index < -0.39 is 8.32 Å². The fraction of sp³-hybridized carbons (Fsp3) is 1.00. The van der Waals surface area contributed by atoms with E-state index >= 15 is 0 Å². The molecule has 0 fully saturated rings. The third-order valence-electron chi connectivity index (χ3n) is 0.224. The Kier molecular flexibility index (Phi) is 43.6. The van der Waals surface area contributed by atoms with Crippen molar-refractivity contribution in [3.63, 3.8) is 0 Å². The van der Waals surface area contributed by atoms with Gasteiger partial charge in [0.15, 0.2) is 8.32 Å². The summed E-state index contributed by atoms with van der Waals surface area (Å²) in [4.78, 5) is 8.66. The van der Waals surface area contributed by atoms with Crippen LogP contribution in [-0.4, -0.2) is 35.8 Å². The van der Waals surface area contributed by atoms with Gasteiger partial charge in [0.2, 0.25) is 0 Å². The quantitative estimate of drug-likeness (QED) is 0.634. The van der Waals surface area contributed by atoms with Crippen LogP contribution in [0.4, 0.5) is 0 Å². The third-order valence-corrected chi connectivity index (χ3v) is 0.224. The van der Waals surface area contributed by atoms with Gasteiger partial charge in [0, 0.05) is 32.8 Å². The summed E-state index contributed by atoms with van der Waals surface area (Å²) in [6.45, 7) is 7.90. The van der Waals surface area contributed by atoms with Crippen molar-refractivity contribution in [2.45, 2.75) is 33.0 Å². The van der Waals surface area contributed by atoms with E-state index in [0.29, 0.717) is 6.61 Å². The molecule has 0 rings (SSSR count). The molecule has 0 bridgehead atoms. The number of rotatable bonds is 1. The van der Waals surface area contributed by atoms with Crippen molar-refractivity contribution < 1.29 is 47.1 Å². The normalized spacial score (nSPS) is 7.50. The van der Waals surface area contributed by atoms with E-state index in [2.05, 4.69) is 0 Å². The van der Waals surface area contributed by atoms with Crippen molar-refractivity contribution in [3.05, 3.63) is 0 Å². The minimum absolute atomic E-state index is 0. The summed E-state index contributed by atoms with van der Waals surface area (Å²) in [5.41, 5.74) is 0. The van der Waals surface area contributed by atoms with E-state index in [1.54, 1.807) is 0 Å². The molecule has 0 heterocycles. The van der Waals surface area contributed by atoms with E-state index in [1.165, 1.54) is 0 Å². The van der Waals surface area contributed by atoms with Crippen LogP contribution in [0.3, 0.4) is 0 Å².